The van der Waals surface area contributed by atoms with Crippen LogP contribution in [0.3, 0.4) is 0 Å². The van der Waals surface area contributed by atoms with Crippen molar-refractivity contribution in [2.24, 2.45) is 5.92 Å². The average Bonchev–Trinajstić information content (AvgIpc) is 2.38. The first-order valence-electron chi connectivity index (χ1n) is 6.73. The molecule has 1 saturated carbocycles. The molecule has 18 heavy (non-hydrogen) atoms. The lowest BCUT2D eigenvalue weighted by Gasteiger charge is -2.37. The summed E-state index contributed by atoms with van der Waals surface area (Å²) in [6.45, 7) is 4.28. The standard InChI is InChI=1S/C15H21N3/c1-11-8-9-17-15(13(11)10-16)18(3)14-7-5-4-6-12(14)2/h8-9,12,14H,4-7H2,1-3H3. The SMILES string of the molecule is Cc1ccnc(N(C)C2CCCCC2C)c1C#N. The summed E-state index contributed by atoms with van der Waals surface area (Å²) in [5, 5.41) is 9.30. The fourth-order valence-electron chi connectivity index (χ4n) is 2.98. The summed E-state index contributed by atoms with van der Waals surface area (Å²) in [6.07, 6.45) is 6.90. The first-order chi connectivity index (χ1) is 8.65. The number of hydrogen-bond donors (Lipinski definition) is 0. The van der Waals surface area contributed by atoms with Gasteiger partial charge in [0.1, 0.15) is 11.9 Å². The van der Waals surface area contributed by atoms with Gasteiger partial charge in [0.25, 0.3) is 0 Å². The van der Waals surface area contributed by atoms with Crippen molar-refractivity contribution in [1.82, 2.24) is 4.98 Å². The number of nitrogens with zero attached hydrogens (tertiary/aromatic N) is 3. The highest BCUT2D eigenvalue weighted by Gasteiger charge is 2.27. The summed E-state index contributed by atoms with van der Waals surface area (Å²) >= 11 is 0. The highest BCUT2D eigenvalue weighted by molar-refractivity contribution is 5.57. The second-order valence-electron chi connectivity index (χ2n) is 5.38. The van der Waals surface area contributed by atoms with Crippen LogP contribution >= 0.6 is 0 Å². The maximum absolute atomic E-state index is 9.30. The minimum absolute atomic E-state index is 0.514. The second kappa shape index (κ2) is 5.39. The van der Waals surface area contributed by atoms with Gasteiger partial charge in [-0.2, -0.15) is 5.26 Å². The Labute approximate surface area is 109 Å². The monoisotopic (exact) mass is 243 g/mol. The molecule has 0 aromatic carbocycles. The molecule has 1 heterocycles. The lowest BCUT2D eigenvalue weighted by molar-refractivity contribution is 0.320. The van der Waals surface area contributed by atoms with Gasteiger partial charge < -0.3 is 4.90 Å². The van der Waals surface area contributed by atoms with Crippen LogP contribution in [0.2, 0.25) is 0 Å². The van der Waals surface area contributed by atoms with Gasteiger partial charge in [-0.25, -0.2) is 4.98 Å². The van der Waals surface area contributed by atoms with Crippen molar-refractivity contribution in [2.75, 3.05) is 11.9 Å². The van der Waals surface area contributed by atoms with E-state index in [4.69, 9.17) is 0 Å². The number of nitriles is 1. The van der Waals surface area contributed by atoms with Gasteiger partial charge in [-0.1, -0.05) is 19.8 Å². The van der Waals surface area contributed by atoms with Crippen molar-refractivity contribution in [2.45, 2.75) is 45.6 Å². The summed E-state index contributed by atoms with van der Waals surface area (Å²) in [4.78, 5) is 6.64. The molecule has 0 N–H and O–H groups in total. The molecule has 1 fully saturated rings. The zero-order valence-electron chi connectivity index (χ0n) is 11.5. The number of anilines is 1. The topological polar surface area (TPSA) is 39.9 Å². The molecular formula is C15H21N3. The van der Waals surface area contributed by atoms with Gasteiger partial charge in [-0.05, 0) is 37.3 Å². The second-order valence-corrected chi connectivity index (χ2v) is 5.38. The van der Waals surface area contributed by atoms with Crippen LogP contribution in [-0.4, -0.2) is 18.1 Å². The van der Waals surface area contributed by atoms with Gasteiger partial charge in [-0.15, -0.1) is 0 Å². The van der Waals surface area contributed by atoms with Gasteiger partial charge in [0.05, 0.1) is 5.56 Å². The Morgan fingerprint density at radius 3 is 2.78 bits per heavy atom. The fourth-order valence-corrected chi connectivity index (χ4v) is 2.98. The summed E-state index contributed by atoms with van der Waals surface area (Å²) in [6, 6.07) is 4.71. The van der Waals surface area contributed by atoms with Crippen LogP contribution < -0.4 is 4.90 Å². The minimum Gasteiger partial charge on any atom is -0.355 e. The third-order valence-corrected chi connectivity index (χ3v) is 4.15. The Hall–Kier alpha value is -1.56. The Morgan fingerprint density at radius 1 is 1.39 bits per heavy atom. The summed E-state index contributed by atoms with van der Waals surface area (Å²) in [5.41, 5.74) is 1.73. The third kappa shape index (κ3) is 2.33. The Bertz CT molecular complexity index is 461. The van der Waals surface area contributed by atoms with Gasteiger partial charge in [0.2, 0.25) is 0 Å². The van der Waals surface area contributed by atoms with E-state index in [9.17, 15) is 5.26 Å². The van der Waals surface area contributed by atoms with E-state index >= 15 is 0 Å². The smallest absolute Gasteiger partial charge is 0.146 e. The molecule has 1 aromatic heterocycles. The molecule has 2 rings (SSSR count). The van der Waals surface area contributed by atoms with Crippen molar-refractivity contribution < 1.29 is 0 Å². The van der Waals surface area contributed by atoms with Gasteiger partial charge >= 0.3 is 0 Å². The maximum Gasteiger partial charge on any atom is 0.146 e. The van der Waals surface area contributed by atoms with E-state index in [2.05, 4.69) is 29.9 Å². The van der Waals surface area contributed by atoms with Gasteiger partial charge in [0.15, 0.2) is 0 Å². The first kappa shape index (κ1) is 12.9. The van der Waals surface area contributed by atoms with Crippen molar-refractivity contribution in [3.05, 3.63) is 23.4 Å². The van der Waals surface area contributed by atoms with Crippen molar-refractivity contribution in [1.29, 1.82) is 5.26 Å². The lowest BCUT2D eigenvalue weighted by Crippen LogP contribution is -2.39. The van der Waals surface area contributed by atoms with E-state index in [0.717, 1.165) is 16.9 Å². The van der Waals surface area contributed by atoms with Crippen LogP contribution in [0.1, 0.15) is 43.7 Å². The number of pyridine rings is 1. The normalized spacial score (nSPS) is 23.4. The van der Waals surface area contributed by atoms with Crippen LogP contribution in [0.4, 0.5) is 5.82 Å². The highest BCUT2D eigenvalue weighted by Crippen LogP contribution is 2.31. The van der Waals surface area contributed by atoms with E-state index < -0.39 is 0 Å². The molecular weight excluding hydrogens is 222 g/mol. The largest absolute Gasteiger partial charge is 0.355 e. The molecule has 0 radical (unpaired) electrons. The number of rotatable bonds is 2. The van der Waals surface area contributed by atoms with Crippen LogP contribution in [0.15, 0.2) is 12.3 Å². The molecule has 1 aliphatic carbocycles. The zero-order valence-corrected chi connectivity index (χ0v) is 11.5. The van der Waals surface area contributed by atoms with Crippen LogP contribution in [0.5, 0.6) is 0 Å². The van der Waals surface area contributed by atoms with Crippen LogP contribution in [0, 0.1) is 24.2 Å². The molecule has 1 aliphatic rings. The third-order valence-electron chi connectivity index (χ3n) is 4.15. The maximum atomic E-state index is 9.30. The van der Waals surface area contributed by atoms with Gasteiger partial charge in [-0.3, -0.25) is 0 Å². The highest BCUT2D eigenvalue weighted by atomic mass is 15.2. The molecule has 3 nitrogen and oxygen atoms in total. The van der Waals surface area contributed by atoms with E-state index in [1.54, 1.807) is 6.20 Å². The Kier molecular flexibility index (Phi) is 3.86. The average molecular weight is 243 g/mol. The Balaban J connectivity index is 2.31. The number of aromatic nitrogens is 1. The summed E-state index contributed by atoms with van der Waals surface area (Å²) < 4.78 is 0. The van der Waals surface area contributed by atoms with E-state index in [0.29, 0.717) is 12.0 Å². The van der Waals surface area contributed by atoms with Crippen molar-refractivity contribution in [3.8, 4) is 6.07 Å². The van der Waals surface area contributed by atoms with Crippen LogP contribution in [0.25, 0.3) is 0 Å². The van der Waals surface area contributed by atoms with Gasteiger partial charge in [0, 0.05) is 19.3 Å². The predicted molar refractivity (Wildman–Crippen MR) is 73.5 cm³/mol. The molecule has 0 spiro atoms. The van der Waals surface area contributed by atoms with E-state index in [-0.39, 0.29) is 0 Å². The molecule has 0 aliphatic heterocycles. The quantitative estimate of drug-likeness (QED) is 0.800. The molecule has 96 valence electrons. The molecule has 2 atom stereocenters. The zero-order chi connectivity index (χ0) is 13.1. The molecule has 1 aromatic rings. The van der Waals surface area contributed by atoms with Crippen molar-refractivity contribution in [3.63, 3.8) is 0 Å². The summed E-state index contributed by atoms with van der Waals surface area (Å²) in [7, 11) is 2.08. The fraction of sp³-hybridized carbons (Fsp3) is 0.600. The summed E-state index contributed by atoms with van der Waals surface area (Å²) in [5.74, 6) is 1.52. The molecule has 0 amide bonds. The van der Waals surface area contributed by atoms with Crippen molar-refractivity contribution >= 4 is 5.82 Å². The van der Waals surface area contributed by atoms with Crippen LogP contribution in [-0.2, 0) is 0 Å². The number of hydrogen-bond acceptors (Lipinski definition) is 3. The van der Waals surface area contributed by atoms with E-state index in [1.165, 1.54) is 25.7 Å². The molecule has 0 bridgehead atoms. The first-order valence-corrected chi connectivity index (χ1v) is 6.73. The molecule has 0 saturated heterocycles. The number of aryl methyl sites for hydroxylation is 1. The minimum atomic E-state index is 0.514. The Morgan fingerprint density at radius 2 is 2.11 bits per heavy atom. The molecule has 2 unspecified atom stereocenters. The lowest BCUT2D eigenvalue weighted by atomic mass is 9.85. The predicted octanol–water partition coefficient (Wildman–Crippen LogP) is 3.28. The molecule has 3 heteroatoms. The van der Waals surface area contributed by atoms with E-state index in [1.807, 2.05) is 13.0 Å².